The molecule has 0 saturated carbocycles. The van der Waals surface area contributed by atoms with Crippen LogP contribution < -0.4 is 5.50 Å². The summed E-state index contributed by atoms with van der Waals surface area (Å²) < 4.78 is 2.45. The molecular formula is C9H21N2P. The first kappa shape index (κ1) is 10.4. The lowest BCUT2D eigenvalue weighted by molar-refractivity contribution is 0.236. The summed E-state index contributed by atoms with van der Waals surface area (Å²) in [6, 6.07) is 0. The van der Waals surface area contributed by atoms with E-state index in [0.29, 0.717) is 11.2 Å². The highest BCUT2D eigenvalue weighted by Crippen LogP contribution is 2.68. The minimum absolute atomic E-state index is 0.248. The number of hydrogen-bond donors (Lipinski definition) is 1. The highest BCUT2D eigenvalue weighted by atomic mass is 31.1. The van der Waals surface area contributed by atoms with Crippen molar-refractivity contribution in [3.8, 4) is 0 Å². The summed E-state index contributed by atoms with van der Waals surface area (Å²) >= 11 is 0. The van der Waals surface area contributed by atoms with Crippen molar-refractivity contribution in [2.24, 2.45) is 10.9 Å². The van der Waals surface area contributed by atoms with Crippen LogP contribution in [-0.4, -0.2) is 16.0 Å². The average molecular weight is 188 g/mol. The van der Waals surface area contributed by atoms with E-state index >= 15 is 0 Å². The minimum Gasteiger partial charge on any atom is -0.296 e. The highest BCUT2D eigenvalue weighted by Gasteiger charge is 2.56. The Bertz CT molecular complexity index is 158. The maximum atomic E-state index is 6.07. The standard InChI is InChI=1S/C9H21N2P/c1-8(2,3)7-11(12(7)10)9(4,5)6/h7H,10H2,1-6H3. The van der Waals surface area contributed by atoms with Gasteiger partial charge in [-0.25, -0.2) is 0 Å². The third-order valence-electron chi connectivity index (χ3n) is 2.14. The van der Waals surface area contributed by atoms with Gasteiger partial charge in [0.25, 0.3) is 0 Å². The van der Waals surface area contributed by atoms with E-state index in [4.69, 9.17) is 5.50 Å². The van der Waals surface area contributed by atoms with Gasteiger partial charge < -0.3 is 0 Å². The Morgan fingerprint density at radius 1 is 1.08 bits per heavy atom. The Morgan fingerprint density at radius 2 is 1.50 bits per heavy atom. The first-order valence-electron chi connectivity index (χ1n) is 4.49. The molecule has 0 spiro atoms. The van der Waals surface area contributed by atoms with Gasteiger partial charge in [0.2, 0.25) is 0 Å². The first-order chi connectivity index (χ1) is 5.15. The van der Waals surface area contributed by atoms with E-state index in [-0.39, 0.29) is 13.8 Å². The molecule has 0 amide bonds. The predicted molar refractivity (Wildman–Crippen MR) is 55.9 cm³/mol. The van der Waals surface area contributed by atoms with Crippen molar-refractivity contribution < 1.29 is 0 Å². The molecule has 0 aromatic carbocycles. The lowest BCUT2D eigenvalue weighted by Crippen LogP contribution is -2.31. The van der Waals surface area contributed by atoms with Crippen LogP contribution in [-0.2, 0) is 0 Å². The fourth-order valence-corrected chi connectivity index (χ4v) is 4.39. The van der Waals surface area contributed by atoms with E-state index in [0.717, 1.165) is 0 Å². The second-order valence-electron chi connectivity index (χ2n) is 5.64. The van der Waals surface area contributed by atoms with Crippen LogP contribution in [0.4, 0.5) is 0 Å². The van der Waals surface area contributed by atoms with Gasteiger partial charge >= 0.3 is 0 Å². The molecule has 0 aliphatic carbocycles. The summed E-state index contributed by atoms with van der Waals surface area (Å²) in [5.41, 5.74) is 6.66. The molecule has 0 aromatic rings. The molecule has 0 bridgehead atoms. The second kappa shape index (κ2) is 2.67. The lowest BCUT2D eigenvalue weighted by Gasteiger charge is -2.25. The minimum atomic E-state index is -0.340. The Hall–Kier alpha value is 0.350. The highest BCUT2D eigenvalue weighted by molar-refractivity contribution is 7.60. The fourth-order valence-electron chi connectivity index (χ4n) is 1.66. The quantitative estimate of drug-likeness (QED) is 0.468. The van der Waals surface area contributed by atoms with Crippen molar-refractivity contribution >= 4 is 8.22 Å². The van der Waals surface area contributed by atoms with E-state index in [2.05, 4.69) is 46.2 Å². The van der Waals surface area contributed by atoms with Gasteiger partial charge in [-0.2, -0.15) is 0 Å². The van der Waals surface area contributed by atoms with E-state index in [9.17, 15) is 0 Å². The molecule has 3 heteroatoms. The van der Waals surface area contributed by atoms with Crippen LogP contribution >= 0.6 is 8.22 Å². The second-order valence-corrected chi connectivity index (χ2v) is 7.32. The average Bonchev–Trinajstić information content (AvgIpc) is 2.35. The van der Waals surface area contributed by atoms with E-state index in [1.54, 1.807) is 0 Å². The van der Waals surface area contributed by atoms with Gasteiger partial charge in [0.1, 0.15) is 0 Å². The van der Waals surface area contributed by atoms with Crippen LogP contribution in [0, 0.1) is 5.41 Å². The van der Waals surface area contributed by atoms with Gasteiger partial charge in [0.05, 0.1) is 14.0 Å². The molecule has 12 heavy (non-hydrogen) atoms. The van der Waals surface area contributed by atoms with Crippen molar-refractivity contribution in [2.75, 3.05) is 0 Å². The molecule has 1 fully saturated rings. The zero-order valence-corrected chi connectivity index (χ0v) is 9.94. The lowest BCUT2D eigenvalue weighted by atomic mass is 9.95. The molecule has 3 unspecified atom stereocenters. The van der Waals surface area contributed by atoms with E-state index < -0.39 is 0 Å². The van der Waals surface area contributed by atoms with Crippen LogP contribution in [0.15, 0.2) is 0 Å². The molecule has 1 aliphatic heterocycles. The van der Waals surface area contributed by atoms with E-state index in [1.165, 1.54) is 0 Å². The zero-order chi connectivity index (χ0) is 9.73. The Labute approximate surface area is 77.4 Å². The molecule has 1 aliphatic rings. The van der Waals surface area contributed by atoms with Crippen molar-refractivity contribution in [3.05, 3.63) is 0 Å². The largest absolute Gasteiger partial charge is 0.296 e. The summed E-state index contributed by atoms with van der Waals surface area (Å²) in [6.45, 7) is 13.5. The van der Waals surface area contributed by atoms with Crippen LogP contribution in [0.5, 0.6) is 0 Å². The van der Waals surface area contributed by atoms with Crippen LogP contribution in [0.1, 0.15) is 41.5 Å². The number of rotatable bonds is 0. The Balaban J connectivity index is 2.67. The molecule has 3 atom stereocenters. The van der Waals surface area contributed by atoms with Crippen molar-refractivity contribution in [3.63, 3.8) is 0 Å². The van der Waals surface area contributed by atoms with Gasteiger partial charge in [-0.05, 0) is 26.2 Å². The summed E-state index contributed by atoms with van der Waals surface area (Å²) in [5.74, 6) is 0.618. The van der Waals surface area contributed by atoms with Gasteiger partial charge in [-0.1, -0.05) is 20.8 Å². The zero-order valence-electron chi connectivity index (χ0n) is 9.05. The van der Waals surface area contributed by atoms with Crippen LogP contribution in [0.2, 0.25) is 0 Å². The van der Waals surface area contributed by atoms with Gasteiger partial charge in [-0.15, -0.1) is 0 Å². The van der Waals surface area contributed by atoms with Crippen molar-refractivity contribution in [1.29, 1.82) is 0 Å². The predicted octanol–water partition coefficient (Wildman–Crippen LogP) is 2.74. The molecule has 1 saturated heterocycles. The number of nitrogens with two attached hydrogens (primary N) is 1. The number of nitrogens with zero attached hydrogens (tertiary/aromatic N) is 1. The molecular weight excluding hydrogens is 167 g/mol. The fraction of sp³-hybridized carbons (Fsp3) is 1.00. The Morgan fingerprint density at radius 3 is 1.58 bits per heavy atom. The number of hydrogen-bond acceptors (Lipinski definition) is 2. The summed E-state index contributed by atoms with van der Waals surface area (Å²) in [7, 11) is -0.340. The Kier molecular flexibility index (Phi) is 2.32. The van der Waals surface area contributed by atoms with Gasteiger partial charge in [0.15, 0.2) is 0 Å². The third kappa shape index (κ3) is 1.81. The van der Waals surface area contributed by atoms with Crippen LogP contribution in [0.25, 0.3) is 0 Å². The van der Waals surface area contributed by atoms with Crippen molar-refractivity contribution in [2.45, 2.75) is 52.9 Å². The topological polar surface area (TPSA) is 29.0 Å². The molecule has 0 aromatic heterocycles. The first-order valence-corrected chi connectivity index (χ1v) is 5.92. The van der Waals surface area contributed by atoms with Gasteiger partial charge in [-0.3, -0.25) is 10.2 Å². The molecule has 1 rings (SSSR count). The molecule has 1 heterocycles. The molecule has 2 nitrogen and oxygen atoms in total. The monoisotopic (exact) mass is 188 g/mol. The molecule has 72 valence electrons. The normalized spacial score (nSPS) is 36.8. The molecule has 2 N–H and O–H groups in total. The maximum absolute atomic E-state index is 6.07. The smallest absolute Gasteiger partial charge is 0.0667 e. The molecule has 0 radical (unpaired) electrons. The van der Waals surface area contributed by atoms with E-state index in [1.807, 2.05) is 0 Å². The SMILES string of the molecule is CC(C)(C)C1N(C(C)(C)C)P1N. The summed E-state index contributed by atoms with van der Waals surface area (Å²) in [6.07, 6.45) is 0. The van der Waals surface area contributed by atoms with Crippen LogP contribution in [0.3, 0.4) is 0 Å². The van der Waals surface area contributed by atoms with Gasteiger partial charge in [0, 0.05) is 5.54 Å². The summed E-state index contributed by atoms with van der Waals surface area (Å²) in [5, 5.41) is 0. The third-order valence-corrected chi connectivity index (χ3v) is 4.74. The maximum Gasteiger partial charge on any atom is 0.0667 e. The van der Waals surface area contributed by atoms with Crippen molar-refractivity contribution in [1.82, 2.24) is 4.67 Å². The summed E-state index contributed by atoms with van der Waals surface area (Å²) in [4.78, 5) is 0.